The van der Waals surface area contributed by atoms with Crippen molar-refractivity contribution in [3.8, 4) is 0 Å². The van der Waals surface area contributed by atoms with E-state index < -0.39 is 22.5 Å². The predicted molar refractivity (Wildman–Crippen MR) is 132 cm³/mol. The second-order valence-corrected chi connectivity index (χ2v) is 9.94. The smallest absolute Gasteiger partial charge is 0.264 e. The summed E-state index contributed by atoms with van der Waals surface area (Å²) in [6.07, 6.45) is 0. The van der Waals surface area contributed by atoms with E-state index >= 15 is 0 Å². The molecule has 0 unspecified atom stereocenters. The maximum absolute atomic E-state index is 13.5. The summed E-state index contributed by atoms with van der Waals surface area (Å²) in [7, 11) is -4.15. The number of anilines is 3. The topological polar surface area (TPSA) is 95.6 Å². The average Bonchev–Trinajstić information content (AvgIpc) is 2.74. The van der Waals surface area contributed by atoms with Crippen LogP contribution < -0.4 is 14.9 Å². The summed E-state index contributed by atoms with van der Waals surface area (Å²) in [5.41, 5.74) is 1.84. The lowest BCUT2D eigenvalue weighted by Gasteiger charge is -2.25. The van der Waals surface area contributed by atoms with Gasteiger partial charge in [-0.15, -0.1) is 0 Å². The molecule has 0 radical (unpaired) electrons. The van der Waals surface area contributed by atoms with Gasteiger partial charge in [-0.2, -0.15) is 0 Å². The molecular weight excluding hydrogens is 485 g/mol. The van der Waals surface area contributed by atoms with Crippen molar-refractivity contribution in [2.24, 2.45) is 0 Å². The van der Waals surface area contributed by atoms with Crippen molar-refractivity contribution in [2.45, 2.75) is 18.7 Å². The summed E-state index contributed by atoms with van der Waals surface area (Å²) in [5, 5.41) is 5.66. The summed E-state index contributed by atoms with van der Waals surface area (Å²) in [5.74, 6) is -0.869. The first-order chi connectivity index (χ1) is 15.6. The molecule has 0 atom stereocenters. The van der Waals surface area contributed by atoms with E-state index in [1.165, 1.54) is 37.3 Å². The van der Waals surface area contributed by atoms with Gasteiger partial charge in [-0.3, -0.25) is 13.9 Å². The number of carbonyl (C=O) groups is 2. The molecule has 0 saturated heterocycles. The predicted octanol–water partition coefficient (Wildman–Crippen LogP) is 5.09. The molecule has 3 aromatic carbocycles. The molecule has 0 aromatic heterocycles. The van der Waals surface area contributed by atoms with Gasteiger partial charge < -0.3 is 10.6 Å². The van der Waals surface area contributed by atoms with E-state index in [0.29, 0.717) is 11.4 Å². The fraction of sp³-hybridized carbons (Fsp3) is 0.130. The molecule has 0 fully saturated rings. The van der Waals surface area contributed by atoms with Crippen molar-refractivity contribution in [2.75, 3.05) is 21.5 Å². The van der Waals surface area contributed by atoms with Gasteiger partial charge in [-0.25, -0.2) is 8.42 Å². The molecule has 7 nitrogen and oxygen atoms in total. The van der Waals surface area contributed by atoms with Crippen LogP contribution >= 0.6 is 23.2 Å². The number of hydrogen-bond donors (Lipinski definition) is 2. The maximum atomic E-state index is 13.5. The van der Waals surface area contributed by atoms with Gasteiger partial charge in [-0.05, 0) is 55.5 Å². The minimum atomic E-state index is -4.15. The van der Waals surface area contributed by atoms with Crippen molar-refractivity contribution < 1.29 is 18.0 Å². The van der Waals surface area contributed by atoms with E-state index in [1.54, 1.807) is 36.4 Å². The Labute approximate surface area is 202 Å². The Morgan fingerprint density at radius 1 is 0.909 bits per heavy atom. The van der Waals surface area contributed by atoms with Crippen LogP contribution in [0.4, 0.5) is 17.1 Å². The van der Waals surface area contributed by atoms with E-state index in [-0.39, 0.29) is 26.5 Å². The van der Waals surface area contributed by atoms with Gasteiger partial charge in [0.15, 0.2) is 0 Å². The second kappa shape index (κ2) is 10.2. The van der Waals surface area contributed by atoms with E-state index in [2.05, 4.69) is 10.6 Å². The first-order valence-electron chi connectivity index (χ1n) is 9.78. The highest BCUT2D eigenvalue weighted by molar-refractivity contribution is 7.92. The van der Waals surface area contributed by atoms with Crippen LogP contribution in [0.5, 0.6) is 0 Å². The number of benzene rings is 3. The number of nitrogens with zero attached hydrogens (tertiary/aromatic N) is 1. The molecular formula is C23H21Cl2N3O4S. The summed E-state index contributed by atoms with van der Waals surface area (Å²) in [6.45, 7) is 2.65. The van der Waals surface area contributed by atoms with Gasteiger partial charge in [0.05, 0.1) is 15.6 Å². The molecule has 0 heterocycles. The van der Waals surface area contributed by atoms with E-state index in [0.717, 1.165) is 9.87 Å². The number of rotatable bonds is 7. The molecule has 33 heavy (non-hydrogen) atoms. The van der Waals surface area contributed by atoms with Crippen molar-refractivity contribution in [1.29, 1.82) is 0 Å². The van der Waals surface area contributed by atoms with Gasteiger partial charge >= 0.3 is 0 Å². The normalized spacial score (nSPS) is 11.0. The number of halogens is 2. The zero-order valence-electron chi connectivity index (χ0n) is 17.8. The van der Waals surface area contributed by atoms with Crippen LogP contribution in [0.15, 0.2) is 71.6 Å². The lowest BCUT2D eigenvalue weighted by atomic mass is 10.2. The molecule has 0 aliphatic carbocycles. The second-order valence-electron chi connectivity index (χ2n) is 7.23. The minimum absolute atomic E-state index is 0.00426. The summed E-state index contributed by atoms with van der Waals surface area (Å²) in [4.78, 5) is 24.2. The fourth-order valence-electron chi connectivity index (χ4n) is 3.02. The van der Waals surface area contributed by atoms with Crippen molar-refractivity contribution in [3.63, 3.8) is 0 Å². The minimum Gasteiger partial charge on any atom is -0.326 e. The Morgan fingerprint density at radius 2 is 1.55 bits per heavy atom. The van der Waals surface area contributed by atoms with Crippen LogP contribution in [-0.2, 0) is 19.6 Å². The standard InChI is InChI=1S/C23H21Cl2N3O4S/c1-15-6-9-20(10-7-15)33(31,32)28(22-12-17(24)8-11-21(22)25)14-23(30)27-19-5-3-4-18(13-19)26-16(2)29/h3-13H,14H2,1-2H3,(H,26,29)(H,27,30). The highest BCUT2D eigenvalue weighted by atomic mass is 35.5. The molecule has 0 bridgehead atoms. The van der Waals surface area contributed by atoms with Crippen molar-refractivity contribution in [3.05, 3.63) is 82.3 Å². The van der Waals surface area contributed by atoms with E-state index in [9.17, 15) is 18.0 Å². The van der Waals surface area contributed by atoms with Crippen LogP contribution in [0.2, 0.25) is 10.0 Å². The van der Waals surface area contributed by atoms with Crippen LogP contribution in [0.1, 0.15) is 12.5 Å². The Hall–Kier alpha value is -3.07. The van der Waals surface area contributed by atoms with Crippen LogP contribution in [0, 0.1) is 6.92 Å². The van der Waals surface area contributed by atoms with E-state index in [4.69, 9.17) is 23.2 Å². The Bertz CT molecular complexity index is 1300. The first-order valence-corrected chi connectivity index (χ1v) is 12.0. The number of sulfonamides is 1. The quantitative estimate of drug-likeness (QED) is 0.467. The van der Waals surface area contributed by atoms with Gasteiger partial charge in [-0.1, -0.05) is 47.0 Å². The monoisotopic (exact) mass is 505 g/mol. The molecule has 0 saturated carbocycles. The number of amides is 2. The van der Waals surface area contributed by atoms with Crippen molar-refractivity contribution in [1.82, 2.24) is 0 Å². The zero-order chi connectivity index (χ0) is 24.2. The van der Waals surface area contributed by atoms with E-state index in [1.807, 2.05) is 6.92 Å². The molecule has 3 rings (SSSR count). The Morgan fingerprint density at radius 3 is 2.18 bits per heavy atom. The molecule has 2 amide bonds. The molecule has 0 aliphatic heterocycles. The molecule has 172 valence electrons. The third-order valence-corrected chi connectivity index (χ3v) is 6.87. The summed E-state index contributed by atoms with van der Waals surface area (Å²) >= 11 is 12.4. The highest BCUT2D eigenvalue weighted by Crippen LogP contribution is 2.33. The highest BCUT2D eigenvalue weighted by Gasteiger charge is 2.29. The Balaban J connectivity index is 1.95. The average molecular weight is 506 g/mol. The third-order valence-electron chi connectivity index (χ3n) is 4.54. The largest absolute Gasteiger partial charge is 0.326 e. The van der Waals surface area contributed by atoms with Gasteiger partial charge in [0.1, 0.15) is 6.54 Å². The third kappa shape index (κ3) is 6.25. The molecule has 0 spiro atoms. The number of carbonyl (C=O) groups excluding carboxylic acids is 2. The first kappa shape index (κ1) is 24.6. The maximum Gasteiger partial charge on any atom is 0.264 e. The van der Waals surface area contributed by atoms with Gasteiger partial charge in [0.25, 0.3) is 10.0 Å². The SMILES string of the molecule is CC(=O)Nc1cccc(NC(=O)CN(c2cc(Cl)ccc2Cl)S(=O)(=O)c2ccc(C)cc2)c1. The van der Waals surface area contributed by atoms with Crippen LogP contribution in [-0.4, -0.2) is 26.8 Å². The van der Waals surface area contributed by atoms with Crippen LogP contribution in [0.3, 0.4) is 0 Å². The number of hydrogen-bond acceptors (Lipinski definition) is 4. The zero-order valence-corrected chi connectivity index (χ0v) is 20.1. The lowest BCUT2D eigenvalue weighted by Crippen LogP contribution is -2.38. The van der Waals surface area contributed by atoms with Crippen LogP contribution in [0.25, 0.3) is 0 Å². The lowest BCUT2D eigenvalue weighted by molar-refractivity contribution is -0.115. The van der Waals surface area contributed by atoms with Crippen molar-refractivity contribution >= 4 is 62.1 Å². The molecule has 3 aromatic rings. The van der Waals surface area contributed by atoms with Gasteiger partial charge in [0, 0.05) is 23.3 Å². The Kier molecular flexibility index (Phi) is 7.63. The molecule has 0 aliphatic rings. The summed E-state index contributed by atoms with van der Waals surface area (Å²) in [6, 6.07) is 17.1. The number of aryl methyl sites for hydroxylation is 1. The van der Waals surface area contributed by atoms with Gasteiger partial charge in [0.2, 0.25) is 11.8 Å². The number of nitrogens with one attached hydrogen (secondary N) is 2. The fourth-order valence-corrected chi connectivity index (χ4v) is 4.89. The molecule has 2 N–H and O–H groups in total. The summed E-state index contributed by atoms with van der Waals surface area (Å²) < 4.78 is 27.9. The molecule has 10 heteroatoms.